The molecule has 2 heterocycles. The standard InChI is InChI=1S/C95H177O25P/c1-7-11-15-19-23-25-27-29-31-33-35-37-39-49-57-65-78(97)111-70-75(114-80(99)67-59-51-40-38-36-34-32-30-28-26-24-20-16-12-8-2)71-113-121(109,110)120-93-91(118-94-88(107)84(103)82(101)76(69-96)115-94)87(106)86(105)90(117-81(100)68-60-52-44-42-48-56-64-74(6)62-54-46-22-18-14-10-4)92(93)119-95-89(108)85(104)83(102)77(116-95)72-112-79(98)66-58-50-43-41-47-55-63-73(5)61-53-45-21-17-13-9-3/h26,28,73-77,82-96,101-108H,7-25,27,29-72H2,1-6H3,(H,109,110)/b28-26-. The summed E-state index contributed by atoms with van der Waals surface area (Å²) in [6, 6.07) is 0. The quantitative estimate of drug-likeness (QED) is 0.00889. The topological polar surface area (TPSA) is 380 Å². The van der Waals surface area contributed by atoms with E-state index >= 15 is 0 Å². The Hall–Kier alpha value is -2.79. The molecule has 121 heavy (non-hydrogen) atoms. The number of hydrogen-bond donors (Lipinski definition) is 10. The summed E-state index contributed by atoms with van der Waals surface area (Å²) in [7, 11) is -5.81. The number of carbonyl (C=O) groups excluding carboxylic acids is 4. The van der Waals surface area contributed by atoms with Crippen molar-refractivity contribution in [3.05, 3.63) is 12.2 Å². The van der Waals surface area contributed by atoms with Crippen molar-refractivity contribution in [3.8, 4) is 0 Å². The van der Waals surface area contributed by atoms with Gasteiger partial charge >= 0.3 is 31.7 Å². The molecule has 3 rings (SSSR count). The molecule has 712 valence electrons. The Morgan fingerprint density at radius 1 is 0.347 bits per heavy atom. The van der Waals surface area contributed by atoms with Crippen LogP contribution in [0.5, 0.6) is 0 Å². The highest BCUT2D eigenvalue weighted by Gasteiger charge is 2.60. The summed E-state index contributed by atoms with van der Waals surface area (Å²) in [6.45, 7) is 10.2. The van der Waals surface area contributed by atoms with E-state index in [1.807, 2.05) is 0 Å². The van der Waals surface area contributed by atoms with Crippen LogP contribution in [0, 0.1) is 11.8 Å². The molecule has 0 spiro atoms. The lowest BCUT2D eigenvalue weighted by atomic mass is 9.84. The van der Waals surface area contributed by atoms with Gasteiger partial charge in [-0.1, -0.05) is 362 Å². The number of carbonyl (C=O) groups is 4. The third-order valence-corrected chi connectivity index (χ3v) is 25.5. The Balaban J connectivity index is 1.92. The van der Waals surface area contributed by atoms with Gasteiger partial charge in [0.05, 0.1) is 13.2 Å². The van der Waals surface area contributed by atoms with Crippen LogP contribution in [0.4, 0.5) is 0 Å². The van der Waals surface area contributed by atoms with Crippen molar-refractivity contribution in [2.24, 2.45) is 11.8 Å². The maximum absolute atomic E-state index is 14.9. The number of allylic oxidation sites excluding steroid dienone is 2. The molecule has 1 saturated carbocycles. The van der Waals surface area contributed by atoms with Crippen LogP contribution in [0.3, 0.4) is 0 Å². The molecule has 10 N–H and O–H groups in total. The van der Waals surface area contributed by atoms with Crippen LogP contribution in [0.25, 0.3) is 0 Å². The lowest BCUT2D eigenvalue weighted by Gasteiger charge is -2.50. The molecule has 0 aromatic rings. The smallest absolute Gasteiger partial charge is 0.463 e. The van der Waals surface area contributed by atoms with E-state index in [0.29, 0.717) is 50.4 Å². The van der Waals surface area contributed by atoms with E-state index in [1.165, 1.54) is 180 Å². The van der Waals surface area contributed by atoms with Gasteiger partial charge in [-0.25, -0.2) is 4.57 Å². The summed E-state index contributed by atoms with van der Waals surface area (Å²) in [5.74, 6) is -1.65. The van der Waals surface area contributed by atoms with Gasteiger partial charge in [0.15, 0.2) is 24.8 Å². The Morgan fingerprint density at radius 2 is 0.669 bits per heavy atom. The Kier molecular flexibility index (Phi) is 66.9. The van der Waals surface area contributed by atoms with Gasteiger partial charge in [0, 0.05) is 25.7 Å². The highest BCUT2D eigenvalue weighted by atomic mass is 31.2. The van der Waals surface area contributed by atoms with Crippen molar-refractivity contribution in [3.63, 3.8) is 0 Å². The summed E-state index contributed by atoms with van der Waals surface area (Å²) in [6.07, 6.45) is 29.1. The minimum Gasteiger partial charge on any atom is -0.463 e. The van der Waals surface area contributed by atoms with Crippen molar-refractivity contribution in [2.75, 3.05) is 26.4 Å². The van der Waals surface area contributed by atoms with Gasteiger partial charge in [-0.05, 0) is 63.2 Å². The molecule has 20 atom stereocenters. The molecule has 25 nitrogen and oxygen atoms in total. The second-order valence-corrected chi connectivity index (χ2v) is 37.2. The molecular formula is C95H177O25P. The van der Waals surface area contributed by atoms with Crippen LogP contribution in [-0.4, -0.2) is 205 Å². The molecule has 0 radical (unpaired) electrons. The number of phosphoric acid groups is 1. The minimum atomic E-state index is -5.81. The molecule has 2 aliphatic heterocycles. The number of aliphatic hydroxyl groups excluding tert-OH is 9. The van der Waals surface area contributed by atoms with Crippen LogP contribution in [0.1, 0.15) is 427 Å². The number of esters is 4. The zero-order valence-corrected chi connectivity index (χ0v) is 77.3. The first-order valence-corrected chi connectivity index (χ1v) is 50.7. The summed E-state index contributed by atoms with van der Waals surface area (Å²) in [5, 5.41) is 103. The van der Waals surface area contributed by atoms with Gasteiger partial charge in [-0.15, -0.1) is 0 Å². The van der Waals surface area contributed by atoms with E-state index in [1.54, 1.807) is 0 Å². The number of ether oxygens (including phenoxy) is 8. The summed E-state index contributed by atoms with van der Waals surface area (Å²) >= 11 is 0. The van der Waals surface area contributed by atoms with E-state index in [2.05, 4.69) is 53.7 Å². The number of unbranched alkanes of at least 4 members (excludes halogenated alkanes) is 45. The summed E-state index contributed by atoms with van der Waals surface area (Å²) in [4.78, 5) is 66.7. The fraction of sp³-hybridized carbons (Fsp3) is 0.937. The highest BCUT2D eigenvalue weighted by molar-refractivity contribution is 7.47. The number of phosphoric ester groups is 1. The van der Waals surface area contributed by atoms with Crippen molar-refractivity contribution in [2.45, 2.75) is 531 Å². The maximum Gasteiger partial charge on any atom is 0.472 e. The van der Waals surface area contributed by atoms with Crippen LogP contribution in [-0.2, 0) is 70.7 Å². The zero-order valence-electron chi connectivity index (χ0n) is 76.4. The zero-order chi connectivity index (χ0) is 88.5. The Morgan fingerprint density at radius 3 is 1.07 bits per heavy atom. The second-order valence-electron chi connectivity index (χ2n) is 35.8. The van der Waals surface area contributed by atoms with E-state index < -0.39 is 162 Å². The molecule has 20 unspecified atom stereocenters. The van der Waals surface area contributed by atoms with Crippen molar-refractivity contribution < 1.29 is 122 Å². The van der Waals surface area contributed by atoms with Gasteiger partial charge in [0.1, 0.15) is 92.6 Å². The van der Waals surface area contributed by atoms with Gasteiger partial charge in [0.25, 0.3) is 0 Å². The monoisotopic (exact) mass is 1750 g/mol. The number of aliphatic hydroxyl groups is 9. The second kappa shape index (κ2) is 72.1. The van der Waals surface area contributed by atoms with Crippen molar-refractivity contribution in [1.82, 2.24) is 0 Å². The van der Waals surface area contributed by atoms with Gasteiger partial charge in [-0.2, -0.15) is 0 Å². The first-order chi connectivity index (χ1) is 58.5. The molecule has 0 aromatic heterocycles. The first kappa shape index (κ1) is 112. The predicted molar refractivity (Wildman–Crippen MR) is 472 cm³/mol. The Bertz CT molecular complexity index is 2590. The third kappa shape index (κ3) is 52.5. The van der Waals surface area contributed by atoms with Crippen molar-refractivity contribution >= 4 is 31.7 Å². The molecule has 0 bridgehead atoms. The maximum atomic E-state index is 14.9. The lowest BCUT2D eigenvalue weighted by Crippen LogP contribution is -2.70. The summed E-state index contributed by atoms with van der Waals surface area (Å²) in [5.41, 5.74) is 0. The van der Waals surface area contributed by atoms with Gasteiger partial charge in [-0.3, -0.25) is 28.2 Å². The van der Waals surface area contributed by atoms with Gasteiger partial charge < -0.3 is 88.7 Å². The minimum absolute atomic E-state index is 0.0155. The van der Waals surface area contributed by atoms with Crippen LogP contribution in [0.15, 0.2) is 12.2 Å². The van der Waals surface area contributed by atoms with E-state index in [-0.39, 0.29) is 25.7 Å². The van der Waals surface area contributed by atoms with E-state index in [9.17, 15) is 74.6 Å². The molecule has 3 aliphatic rings. The number of rotatable bonds is 79. The predicted octanol–water partition coefficient (Wildman–Crippen LogP) is 18.8. The molecule has 26 heteroatoms. The fourth-order valence-corrected chi connectivity index (χ4v) is 17.5. The summed E-state index contributed by atoms with van der Waals surface area (Å²) < 4.78 is 73.7. The molecule has 0 aromatic carbocycles. The van der Waals surface area contributed by atoms with Gasteiger partial charge in [0.2, 0.25) is 0 Å². The highest BCUT2D eigenvalue weighted by Crippen LogP contribution is 2.49. The molecular weight excluding hydrogens is 1570 g/mol. The molecule has 3 fully saturated rings. The lowest BCUT2D eigenvalue weighted by molar-refractivity contribution is -0.360. The third-order valence-electron chi connectivity index (χ3n) is 24.6. The molecule has 1 aliphatic carbocycles. The van der Waals surface area contributed by atoms with Crippen LogP contribution >= 0.6 is 7.82 Å². The molecule has 0 amide bonds. The Labute approximate surface area is 731 Å². The molecule has 2 saturated heterocycles. The SMILES string of the molecule is CCCCCC/C=C\CCCCCCCCCC(=O)OC(COC(=O)CCCCCCCCCCCCCCCCC)COP(=O)(O)OC1C(OC2OC(CO)C(O)C(O)C2O)C(O)C(O)C(OC(=O)CCCCCCCCC(C)CCCCCCCC)C1OC1OC(COC(=O)CCCCCCCCC(C)CCCCCCCC)C(O)C(O)C1O. The first-order valence-electron chi connectivity index (χ1n) is 49.2. The normalized spacial score (nSPS) is 25.2. The van der Waals surface area contributed by atoms with Crippen LogP contribution < -0.4 is 0 Å². The number of hydrogen-bond acceptors (Lipinski definition) is 24. The van der Waals surface area contributed by atoms with Crippen molar-refractivity contribution in [1.29, 1.82) is 0 Å². The average molecular weight is 1750 g/mol. The van der Waals surface area contributed by atoms with E-state index in [0.717, 1.165) is 141 Å². The van der Waals surface area contributed by atoms with Crippen LogP contribution in [0.2, 0.25) is 0 Å². The fourth-order valence-electron chi connectivity index (χ4n) is 16.6. The average Bonchev–Trinajstić information content (AvgIpc) is 0.754. The van der Waals surface area contributed by atoms with E-state index in [4.69, 9.17) is 46.9 Å². The largest absolute Gasteiger partial charge is 0.472 e.